The summed E-state index contributed by atoms with van der Waals surface area (Å²) in [6.45, 7) is 9.57. The van der Waals surface area contributed by atoms with Gasteiger partial charge in [0.1, 0.15) is 6.04 Å². The van der Waals surface area contributed by atoms with Crippen molar-refractivity contribution in [1.29, 1.82) is 0 Å². The van der Waals surface area contributed by atoms with Gasteiger partial charge in [-0.2, -0.15) is 0 Å². The largest absolute Gasteiger partial charge is 0.464 e. The second-order valence-electron chi connectivity index (χ2n) is 9.81. The molecule has 3 unspecified atom stereocenters. The zero-order chi connectivity index (χ0) is 33.0. The molecule has 3 atom stereocenters. The molecule has 0 saturated heterocycles. The SMILES string of the molecule is C/C=C\C(Cl)=C(\C(=O)NC(Cc1ccc(-n2c(=O)c3c(n(C)c2=O)C=CC(CNC)C=C3)cc1)C(=O)OCC)C(C)O.CC. The average Bonchev–Trinajstić information content (AvgIpc) is 3.21. The van der Waals surface area contributed by atoms with Gasteiger partial charge in [0, 0.05) is 25.9 Å². The molecule has 3 rings (SSSR count). The number of aliphatic hydroxyl groups is 1. The second-order valence-corrected chi connectivity index (χ2v) is 10.2. The van der Waals surface area contributed by atoms with E-state index in [9.17, 15) is 24.3 Å². The molecule has 0 spiro atoms. The molecule has 0 radical (unpaired) electrons. The van der Waals surface area contributed by atoms with E-state index in [1.807, 2.05) is 33.0 Å². The van der Waals surface area contributed by atoms with Crippen LogP contribution < -0.4 is 21.9 Å². The van der Waals surface area contributed by atoms with Crippen molar-refractivity contribution >= 4 is 35.6 Å². The minimum atomic E-state index is -1.18. The normalized spacial score (nSPS) is 15.8. The number of esters is 1. The summed E-state index contributed by atoms with van der Waals surface area (Å²) in [5, 5.41) is 15.9. The van der Waals surface area contributed by atoms with Crippen molar-refractivity contribution in [3.63, 3.8) is 0 Å². The highest BCUT2D eigenvalue weighted by molar-refractivity contribution is 6.33. The molecule has 10 nitrogen and oxygen atoms in total. The zero-order valence-corrected chi connectivity index (χ0v) is 27.1. The van der Waals surface area contributed by atoms with Crippen molar-refractivity contribution in [3.8, 4) is 5.69 Å². The van der Waals surface area contributed by atoms with E-state index in [1.165, 1.54) is 17.6 Å². The Labute approximate surface area is 263 Å². The van der Waals surface area contributed by atoms with Gasteiger partial charge >= 0.3 is 11.7 Å². The number of carbonyl (C=O) groups is 2. The maximum atomic E-state index is 13.5. The van der Waals surface area contributed by atoms with Crippen molar-refractivity contribution in [3.05, 3.63) is 96.8 Å². The molecule has 0 aliphatic heterocycles. The van der Waals surface area contributed by atoms with Gasteiger partial charge in [-0.05, 0) is 57.7 Å². The first-order valence-corrected chi connectivity index (χ1v) is 15.1. The van der Waals surface area contributed by atoms with E-state index in [2.05, 4.69) is 10.6 Å². The van der Waals surface area contributed by atoms with Crippen molar-refractivity contribution in [2.24, 2.45) is 13.0 Å². The minimum absolute atomic E-state index is 0.0487. The highest BCUT2D eigenvalue weighted by Crippen LogP contribution is 2.18. The Morgan fingerprint density at radius 1 is 1.14 bits per heavy atom. The Morgan fingerprint density at radius 2 is 1.77 bits per heavy atom. The topological polar surface area (TPSA) is 132 Å². The summed E-state index contributed by atoms with van der Waals surface area (Å²) in [4.78, 5) is 52.5. The molecule has 44 heavy (non-hydrogen) atoms. The van der Waals surface area contributed by atoms with Gasteiger partial charge in [-0.15, -0.1) is 0 Å². The third kappa shape index (κ3) is 8.78. The zero-order valence-electron chi connectivity index (χ0n) is 26.4. The molecular weight excluding hydrogens is 584 g/mol. The van der Waals surface area contributed by atoms with Crippen LogP contribution in [-0.2, 0) is 27.8 Å². The lowest BCUT2D eigenvalue weighted by Gasteiger charge is -2.20. The summed E-state index contributed by atoms with van der Waals surface area (Å²) in [7, 11) is 3.47. The number of rotatable bonds is 11. The molecule has 1 aromatic heterocycles. The van der Waals surface area contributed by atoms with Crippen LogP contribution in [-0.4, -0.2) is 58.5 Å². The number of nitrogens with zero attached hydrogens (tertiary/aromatic N) is 2. The van der Waals surface area contributed by atoms with Gasteiger partial charge in [0.25, 0.3) is 11.5 Å². The summed E-state index contributed by atoms with van der Waals surface area (Å²) in [6, 6.07) is 5.47. The highest BCUT2D eigenvalue weighted by atomic mass is 35.5. The summed E-state index contributed by atoms with van der Waals surface area (Å²) in [5.74, 6) is -1.29. The summed E-state index contributed by atoms with van der Waals surface area (Å²) in [6.07, 6.45) is 9.38. The van der Waals surface area contributed by atoms with Crippen LogP contribution in [0.2, 0.25) is 0 Å². The maximum Gasteiger partial charge on any atom is 0.335 e. The number of hydrogen-bond acceptors (Lipinski definition) is 7. The van der Waals surface area contributed by atoms with Crippen LogP contribution in [0.25, 0.3) is 17.8 Å². The van der Waals surface area contributed by atoms with E-state index in [0.717, 1.165) is 4.57 Å². The number of nitrogens with one attached hydrogen (secondary N) is 2. The maximum absolute atomic E-state index is 13.5. The molecule has 238 valence electrons. The molecule has 1 amide bonds. The fraction of sp³-hybridized carbons (Fsp3) is 0.394. The second kappa shape index (κ2) is 17.3. The Balaban J connectivity index is 0.00000330. The fourth-order valence-corrected chi connectivity index (χ4v) is 5.00. The number of carbonyl (C=O) groups excluding carboxylic acids is 2. The Kier molecular flexibility index (Phi) is 14.3. The first-order valence-electron chi connectivity index (χ1n) is 14.7. The van der Waals surface area contributed by atoms with Gasteiger partial charge in [-0.25, -0.2) is 14.2 Å². The summed E-state index contributed by atoms with van der Waals surface area (Å²) in [5.41, 5.74) is 0.897. The number of amides is 1. The van der Waals surface area contributed by atoms with E-state index >= 15 is 0 Å². The van der Waals surface area contributed by atoms with Gasteiger partial charge < -0.3 is 20.5 Å². The van der Waals surface area contributed by atoms with Crippen LogP contribution >= 0.6 is 11.6 Å². The Morgan fingerprint density at radius 3 is 2.34 bits per heavy atom. The molecule has 2 aromatic rings. The first kappa shape index (κ1) is 36.2. The Hall–Kier alpha value is -3.99. The van der Waals surface area contributed by atoms with Gasteiger partial charge in [-0.1, -0.05) is 61.9 Å². The molecule has 0 saturated carbocycles. The van der Waals surface area contributed by atoms with Crippen molar-refractivity contribution < 1.29 is 19.4 Å². The predicted molar refractivity (Wildman–Crippen MR) is 176 cm³/mol. The molecule has 0 fully saturated rings. The minimum Gasteiger partial charge on any atom is -0.464 e. The van der Waals surface area contributed by atoms with Gasteiger partial charge in [-0.3, -0.25) is 14.2 Å². The van der Waals surface area contributed by atoms with E-state index in [1.54, 1.807) is 63.4 Å². The van der Waals surface area contributed by atoms with Crippen LogP contribution in [0.15, 0.2) is 68.8 Å². The van der Waals surface area contributed by atoms with Crippen LogP contribution in [0.4, 0.5) is 0 Å². The number of aliphatic hydroxyl groups excluding tert-OH is 1. The van der Waals surface area contributed by atoms with E-state index in [4.69, 9.17) is 16.3 Å². The van der Waals surface area contributed by atoms with Crippen molar-refractivity contribution in [2.75, 3.05) is 20.2 Å². The van der Waals surface area contributed by atoms with E-state index in [-0.39, 0.29) is 29.6 Å². The number of hydrogen-bond donors (Lipinski definition) is 3. The first-order chi connectivity index (χ1) is 21.0. The molecule has 1 aromatic carbocycles. The number of ether oxygens (including phenoxy) is 1. The molecular formula is C33H43ClN4O6. The quantitative estimate of drug-likeness (QED) is 0.198. The van der Waals surface area contributed by atoms with Crippen LogP contribution in [0.5, 0.6) is 0 Å². The molecule has 1 aliphatic rings. The standard InChI is InChI=1S/C31H37ClN4O6.C2H6/c1-6-8-24(32)27(19(3)37)28(38)34-25(30(40)42-7-2)17-20-9-13-22(14-10-20)36-29(39)23-15-11-21(18-33-4)12-16-26(23)35(5)31(36)41;1-2/h6,8-16,19,21,25,33,37H,7,17-18H2,1-5H3,(H,34,38);1-2H3/b8-6-,27-24-;. The number of allylic oxidation sites excluding steroid dienone is 3. The third-order valence-corrected chi connectivity index (χ3v) is 7.07. The van der Waals surface area contributed by atoms with Crippen LogP contribution in [0, 0.1) is 5.92 Å². The lowest BCUT2D eigenvalue weighted by Crippen LogP contribution is -2.45. The van der Waals surface area contributed by atoms with Gasteiger partial charge in [0.15, 0.2) is 0 Å². The molecule has 1 aliphatic carbocycles. The van der Waals surface area contributed by atoms with Crippen LogP contribution in [0.3, 0.4) is 0 Å². The van der Waals surface area contributed by atoms with Gasteiger partial charge in [0.2, 0.25) is 0 Å². The van der Waals surface area contributed by atoms with Crippen molar-refractivity contribution in [2.45, 2.75) is 53.2 Å². The Bertz CT molecular complexity index is 1550. The number of fused-ring (bicyclic) bond motifs is 1. The lowest BCUT2D eigenvalue weighted by molar-refractivity contribution is -0.147. The molecule has 3 N–H and O–H groups in total. The highest BCUT2D eigenvalue weighted by Gasteiger charge is 2.27. The monoisotopic (exact) mass is 626 g/mol. The summed E-state index contributed by atoms with van der Waals surface area (Å²) < 4.78 is 7.70. The molecule has 0 bridgehead atoms. The van der Waals surface area contributed by atoms with Gasteiger partial charge in [0.05, 0.1) is 40.3 Å². The third-order valence-electron chi connectivity index (χ3n) is 6.74. The number of aromatic nitrogens is 2. The molecule has 1 heterocycles. The molecule has 11 heteroatoms. The number of halogens is 1. The fourth-order valence-electron chi connectivity index (χ4n) is 4.63. The summed E-state index contributed by atoms with van der Waals surface area (Å²) >= 11 is 6.20. The van der Waals surface area contributed by atoms with E-state index < -0.39 is 35.3 Å². The predicted octanol–water partition coefficient (Wildman–Crippen LogP) is 3.48. The smallest absolute Gasteiger partial charge is 0.335 e. The number of benzene rings is 1. The average molecular weight is 627 g/mol. The lowest BCUT2D eigenvalue weighted by atomic mass is 10.0. The van der Waals surface area contributed by atoms with E-state index in [0.29, 0.717) is 29.1 Å². The van der Waals surface area contributed by atoms with Crippen molar-refractivity contribution in [1.82, 2.24) is 19.8 Å². The van der Waals surface area contributed by atoms with Crippen LogP contribution in [0.1, 0.15) is 51.4 Å².